The molecule has 3 aliphatic heterocycles. The van der Waals surface area contributed by atoms with Crippen molar-refractivity contribution in [1.29, 1.82) is 0 Å². The van der Waals surface area contributed by atoms with Crippen LogP contribution in [-0.4, -0.2) is 115 Å². The number of aliphatic hydroxyl groups excluding tert-OH is 2. The van der Waals surface area contributed by atoms with Crippen LogP contribution in [0.2, 0.25) is 0 Å². The highest BCUT2D eigenvalue weighted by molar-refractivity contribution is 5.89. The van der Waals surface area contributed by atoms with Crippen molar-refractivity contribution in [2.24, 2.45) is 5.73 Å². The number of fused-ring (bicyclic) bond motifs is 1. The molecule has 0 aliphatic carbocycles. The van der Waals surface area contributed by atoms with E-state index in [1.54, 1.807) is 17.0 Å². The number of hydrogen-bond donors (Lipinski definition) is 8. The van der Waals surface area contributed by atoms with Crippen LogP contribution in [0, 0.1) is 0 Å². The van der Waals surface area contributed by atoms with Crippen molar-refractivity contribution < 1.29 is 32.9 Å². The summed E-state index contributed by atoms with van der Waals surface area (Å²) >= 11 is 0. The fraction of sp³-hybridized carbons (Fsp3) is 0.731. The highest BCUT2D eigenvalue weighted by Crippen LogP contribution is 2.29. The van der Waals surface area contributed by atoms with Crippen LogP contribution >= 0.6 is 0 Å². The molecule has 3 fully saturated rings. The van der Waals surface area contributed by atoms with Gasteiger partial charge in [0.25, 0.3) is 0 Å². The second-order valence-electron chi connectivity index (χ2n) is 11.9. The molecule has 2 amide bonds. The highest BCUT2D eigenvalue weighted by Gasteiger charge is 2.52. The monoisotopic (exact) mass is 588 g/mol. The Kier molecular flexibility index (Phi) is 10.1. The molecular formula is C26H43F3N8O4. The first-order valence-corrected chi connectivity index (χ1v) is 13.9. The average molecular weight is 589 g/mol. The predicted molar refractivity (Wildman–Crippen MR) is 146 cm³/mol. The summed E-state index contributed by atoms with van der Waals surface area (Å²) in [6.07, 6.45) is -9.52. The zero-order valence-corrected chi connectivity index (χ0v) is 23.6. The molecule has 0 spiro atoms. The van der Waals surface area contributed by atoms with Gasteiger partial charge in [-0.15, -0.1) is 0 Å². The fourth-order valence-electron chi connectivity index (χ4n) is 5.48. The predicted octanol–water partition coefficient (Wildman–Crippen LogP) is -0.201. The van der Waals surface area contributed by atoms with Gasteiger partial charge in [-0.3, -0.25) is 20.9 Å². The number of carbonyl (C=O) groups is 1. The smallest absolute Gasteiger partial charge is 0.387 e. The maximum Gasteiger partial charge on any atom is 0.401 e. The number of halogens is 3. The first-order valence-electron chi connectivity index (χ1n) is 13.9. The minimum absolute atomic E-state index is 0.00847. The fourth-order valence-corrected chi connectivity index (χ4v) is 5.48. The van der Waals surface area contributed by atoms with Gasteiger partial charge < -0.3 is 31.3 Å². The second-order valence-corrected chi connectivity index (χ2v) is 11.9. The lowest BCUT2D eigenvalue weighted by Gasteiger charge is -2.38. The van der Waals surface area contributed by atoms with E-state index in [4.69, 9.17) is 10.5 Å². The Balaban J connectivity index is 1.27. The van der Waals surface area contributed by atoms with Gasteiger partial charge in [-0.2, -0.15) is 13.2 Å². The van der Waals surface area contributed by atoms with E-state index in [1.165, 1.54) is 0 Å². The van der Waals surface area contributed by atoms with Crippen LogP contribution in [0.4, 0.5) is 23.7 Å². The minimum atomic E-state index is -4.48. The van der Waals surface area contributed by atoms with E-state index >= 15 is 0 Å². The number of aliphatic hydroxyl groups is 2. The number of benzene rings is 1. The summed E-state index contributed by atoms with van der Waals surface area (Å²) in [4.78, 5) is 15.2. The van der Waals surface area contributed by atoms with Crippen molar-refractivity contribution in [1.82, 2.24) is 31.1 Å². The molecule has 0 saturated carbocycles. The van der Waals surface area contributed by atoms with Crippen LogP contribution in [-0.2, 0) is 10.2 Å². The first kappa shape index (κ1) is 31.8. The lowest BCUT2D eigenvalue weighted by molar-refractivity contribution is -0.153. The number of nitrogens with zero attached hydrogens (tertiary/aromatic N) is 2. The van der Waals surface area contributed by atoms with Crippen LogP contribution in [0.1, 0.15) is 32.8 Å². The van der Waals surface area contributed by atoms with E-state index in [1.807, 2.05) is 12.1 Å². The van der Waals surface area contributed by atoms with Crippen LogP contribution in [0.25, 0.3) is 0 Å². The van der Waals surface area contributed by atoms with Gasteiger partial charge in [0.15, 0.2) is 0 Å². The molecule has 4 rings (SSSR count). The molecule has 3 aliphatic rings. The zero-order valence-electron chi connectivity index (χ0n) is 23.6. The van der Waals surface area contributed by atoms with Gasteiger partial charge in [0.05, 0.1) is 31.6 Å². The zero-order chi connectivity index (χ0) is 29.9. The van der Waals surface area contributed by atoms with E-state index in [-0.39, 0.29) is 49.8 Å². The number of amides is 2. The molecule has 1 aromatic rings. The molecule has 12 nitrogen and oxygen atoms in total. The number of nitrogens with one attached hydrogen (secondary N) is 5. The van der Waals surface area contributed by atoms with Crippen molar-refractivity contribution in [2.45, 2.75) is 81.7 Å². The molecule has 0 aromatic heterocycles. The highest BCUT2D eigenvalue weighted by atomic mass is 19.4. The second kappa shape index (κ2) is 13.1. The van der Waals surface area contributed by atoms with Gasteiger partial charge >= 0.3 is 12.2 Å². The molecule has 0 bridgehead atoms. The largest absolute Gasteiger partial charge is 0.401 e. The summed E-state index contributed by atoms with van der Waals surface area (Å²) < 4.78 is 46.0. The Morgan fingerprint density at radius 3 is 2.51 bits per heavy atom. The summed E-state index contributed by atoms with van der Waals surface area (Å²) in [5.41, 5.74) is 7.80. The maximum atomic E-state index is 13.4. The van der Waals surface area contributed by atoms with Crippen LogP contribution in [0.15, 0.2) is 24.3 Å². The number of alkyl halides is 3. The molecule has 7 atom stereocenters. The van der Waals surface area contributed by atoms with Gasteiger partial charge in [0, 0.05) is 32.0 Å². The lowest BCUT2D eigenvalue weighted by atomic mass is 9.87. The standard InChI is InChI=1S/C26H43F3N8O4/c1-25(2,3)15-5-7-16(8-6-15)35-24(40)31-9-4-10-36(12-26(27,28)29)11-17-19(38)20(39)23(41-17)37-14-34-18-21(30)32-13-33-22(18)37/h5-8,17-23,32-34,38-39H,4,9-14,30H2,1-3H3,(H2,31,35,40)/t17-,18?,19-,20-,21?,22?,23-/m1/s1. The number of carbonyl (C=O) groups excluding carboxylic acids is 1. The molecule has 9 N–H and O–H groups in total. The third-order valence-corrected chi connectivity index (χ3v) is 7.69. The van der Waals surface area contributed by atoms with E-state index in [0.29, 0.717) is 19.0 Å². The SMILES string of the molecule is CC(C)(C)c1ccc(NC(=O)NCCCN(C[C@H]2O[C@@H](N3CNC4C(N)NCNC43)[C@H](O)[C@@H]2O)CC(F)(F)F)cc1. The quantitative estimate of drug-likeness (QED) is 0.182. The van der Waals surface area contributed by atoms with Crippen LogP contribution < -0.4 is 32.3 Å². The summed E-state index contributed by atoms with van der Waals surface area (Å²) in [5.74, 6) is 0. The molecule has 3 heterocycles. The van der Waals surface area contributed by atoms with Gasteiger partial charge in [0.2, 0.25) is 0 Å². The summed E-state index contributed by atoms with van der Waals surface area (Å²) in [6, 6.07) is 6.83. The normalized spacial score (nSPS) is 30.9. The molecular weight excluding hydrogens is 545 g/mol. The Morgan fingerprint density at radius 2 is 1.85 bits per heavy atom. The van der Waals surface area contributed by atoms with E-state index in [9.17, 15) is 28.2 Å². The maximum absolute atomic E-state index is 13.4. The Bertz CT molecular complexity index is 1010. The Labute approximate surface area is 238 Å². The summed E-state index contributed by atoms with van der Waals surface area (Å²) in [7, 11) is 0. The number of anilines is 1. The lowest BCUT2D eigenvalue weighted by Crippen LogP contribution is -2.68. The van der Waals surface area contributed by atoms with E-state index < -0.39 is 43.3 Å². The van der Waals surface area contributed by atoms with Gasteiger partial charge in [-0.1, -0.05) is 32.9 Å². The van der Waals surface area contributed by atoms with Crippen molar-refractivity contribution in [2.75, 3.05) is 44.8 Å². The Hall–Kier alpha value is -2.08. The summed E-state index contributed by atoms with van der Waals surface area (Å²) in [6.45, 7) is 5.69. The van der Waals surface area contributed by atoms with E-state index in [2.05, 4.69) is 47.4 Å². The summed E-state index contributed by atoms with van der Waals surface area (Å²) in [5, 5.41) is 36.3. The minimum Gasteiger partial charge on any atom is -0.387 e. The third-order valence-electron chi connectivity index (χ3n) is 7.69. The molecule has 3 unspecified atom stereocenters. The molecule has 0 radical (unpaired) electrons. The van der Waals surface area contributed by atoms with Gasteiger partial charge in [-0.25, -0.2) is 9.69 Å². The average Bonchev–Trinajstić information content (AvgIpc) is 3.43. The van der Waals surface area contributed by atoms with Crippen molar-refractivity contribution in [3.05, 3.63) is 29.8 Å². The molecule has 15 heteroatoms. The van der Waals surface area contributed by atoms with Crippen LogP contribution in [0.3, 0.4) is 0 Å². The third kappa shape index (κ3) is 8.27. The van der Waals surface area contributed by atoms with Crippen molar-refractivity contribution >= 4 is 11.7 Å². The molecule has 41 heavy (non-hydrogen) atoms. The topological polar surface area (TPSA) is 159 Å². The van der Waals surface area contributed by atoms with Crippen LogP contribution in [0.5, 0.6) is 0 Å². The van der Waals surface area contributed by atoms with Crippen molar-refractivity contribution in [3.8, 4) is 0 Å². The first-order chi connectivity index (χ1) is 19.2. The van der Waals surface area contributed by atoms with E-state index in [0.717, 1.165) is 10.5 Å². The number of ether oxygens (including phenoxy) is 1. The van der Waals surface area contributed by atoms with Gasteiger partial charge in [-0.05, 0) is 29.5 Å². The number of hydrogen-bond acceptors (Lipinski definition) is 10. The molecule has 1 aromatic carbocycles. The molecule has 232 valence electrons. The molecule has 3 saturated heterocycles. The van der Waals surface area contributed by atoms with Crippen molar-refractivity contribution in [3.63, 3.8) is 0 Å². The van der Waals surface area contributed by atoms with Gasteiger partial charge in [0.1, 0.15) is 24.5 Å². The number of rotatable bonds is 9. The Morgan fingerprint density at radius 1 is 1.15 bits per heavy atom. The number of urea groups is 1. The number of nitrogens with two attached hydrogens (primary N) is 1.